The van der Waals surface area contributed by atoms with E-state index in [9.17, 15) is 4.79 Å². The van der Waals surface area contributed by atoms with Gasteiger partial charge in [0.25, 0.3) is 5.91 Å². The number of amides is 1. The maximum Gasteiger partial charge on any atom is 0.254 e. The molecule has 33 heavy (non-hydrogen) atoms. The van der Waals surface area contributed by atoms with Crippen LogP contribution in [0.5, 0.6) is 0 Å². The van der Waals surface area contributed by atoms with Gasteiger partial charge in [-0.2, -0.15) is 5.10 Å². The van der Waals surface area contributed by atoms with Crippen LogP contribution in [-0.2, 0) is 13.0 Å². The van der Waals surface area contributed by atoms with Gasteiger partial charge in [0.15, 0.2) is 5.82 Å². The number of rotatable bonds is 7. The van der Waals surface area contributed by atoms with Gasteiger partial charge in [-0.25, -0.2) is 0 Å². The molecule has 174 valence electrons. The van der Waals surface area contributed by atoms with Crippen molar-refractivity contribution >= 4 is 17.4 Å². The topological polar surface area (TPSA) is 87.0 Å². The number of primary amides is 1. The van der Waals surface area contributed by atoms with Crippen molar-refractivity contribution in [2.24, 2.45) is 11.7 Å². The fraction of sp³-hybridized carbons (Fsp3) is 0.407. The third-order valence-electron chi connectivity index (χ3n) is 7.00. The molecule has 0 saturated carbocycles. The Bertz CT molecular complexity index is 1100. The maximum absolute atomic E-state index is 12.3. The van der Waals surface area contributed by atoms with Crippen molar-refractivity contribution in [1.29, 1.82) is 0 Å². The summed E-state index contributed by atoms with van der Waals surface area (Å²) in [6.45, 7) is 11.5. The van der Waals surface area contributed by atoms with Crippen LogP contribution in [0.2, 0.25) is 0 Å². The number of carbonyl (C=O) groups is 1. The molecule has 1 saturated heterocycles. The number of aromatic amines is 1. The average molecular weight is 446 g/mol. The number of aryl methyl sites for hydroxylation is 2. The number of hydrogen-bond donors (Lipinski definition) is 3. The monoisotopic (exact) mass is 445 g/mol. The third kappa shape index (κ3) is 5.21. The lowest BCUT2D eigenvalue weighted by molar-refractivity contribution is 0.100. The molecule has 1 aromatic heterocycles. The molecule has 4 N–H and O–H groups in total. The molecule has 1 aliphatic rings. The summed E-state index contributed by atoms with van der Waals surface area (Å²) in [6.07, 6.45) is 3.07. The van der Waals surface area contributed by atoms with Crippen LogP contribution < -0.4 is 16.0 Å². The van der Waals surface area contributed by atoms with Crippen molar-refractivity contribution < 1.29 is 4.79 Å². The van der Waals surface area contributed by atoms with Gasteiger partial charge in [0.1, 0.15) is 5.56 Å². The predicted octanol–water partition coefficient (Wildman–Crippen LogP) is 4.87. The molecule has 0 aliphatic carbocycles. The second kappa shape index (κ2) is 9.69. The number of nitrogens with one attached hydrogen (secondary N) is 2. The van der Waals surface area contributed by atoms with Crippen LogP contribution in [-0.4, -0.2) is 29.2 Å². The maximum atomic E-state index is 12.3. The molecule has 1 aliphatic heterocycles. The Balaban J connectivity index is 1.46. The number of nitrogens with zero attached hydrogens (tertiary/aromatic N) is 2. The first-order valence-electron chi connectivity index (χ1n) is 11.8. The lowest BCUT2D eigenvalue weighted by atomic mass is 9.98. The molecule has 0 unspecified atom stereocenters. The van der Waals surface area contributed by atoms with Crippen LogP contribution >= 0.6 is 0 Å². The molecule has 3 aromatic rings. The molecule has 0 atom stereocenters. The van der Waals surface area contributed by atoms with Crippen molar-refractivity contribution in [3.05, 3.63) is 75.5 Å². The van der Waals surface area contributed by atoms with E-state index in [2.05, 4.69) is 84.5 Å². The molecular formula is C27H35N5O. The average Bonchev–Trinajstić information content (AvgIpc) is 3.19. The van der Waals surface area contributed by atoms with E-state index in [-0.39, 0.29) is 0 Å². The molecule has 1 amide bonds. The van der Waals surface area contributed by atoms with E-state index in [1.165, 1.54) is 35.2 Å². The molecule has 6 nitrogen and oxygen atoms in total. The standard InChI is InChI=1S/C27H35N5O/c1-17-9-11-32(12-10-17)23-7-5-21(6-8-23)15-24-25(26(28)33)27(31-30-24)29-16-22-13-18(2)20(4)19(3)14-22/h5-8,13-14,17H,9-12,15-16H2,1-4H3,(H2,28,33)(H2,29,30,31). The first-order chi connectivity index (χ1) is 15.8. The zero-order valence-corrected chi connectivity index (χ0v) is 20.2. The van der Waals surface area contributed by atoms with Gasteiger partial charge in [-0.3, -0.25) is 9.89 Å². The van der Waals surface area contributed by atoms with Gasteiger partial charge in [-0.15, -0.1) is 0 Å². The SMILES string of the molecule is Cc1cc(CNc2n[nH]c(Cc3ccc(N4CCC(C)CC4)cc3)c2C(N)=O)cc(C)c1C. The highest BCUT2D eigenvalue weighted by atomic mass is 16.1. The van der Waals surface area contributed by atoms with Gasteiger partial charge < -0.3 is 16.0 Å². The van der Waals surface area contributed by atoms with E-state index in [0.717, 1.165) is 35.8 Å². The number of carbonyl (C=O) groups excluding carboxylic acids is 1. The molecule has 1 fully saturated rings. The summed E-state index contributed by atoms with van der Waals surface area (Å²) >= 11 is 0. The number of benzene rings is 2. The van der Waals surface area contributed by atoms with E-state index in [0.29, 0.717) is 24.3 Å². The third-order valence-corrected chi connectivity index (χ3v) is 7.00. The van der Waals surface area contributed by atoms with Crippen molar-refractivity contribution in [2.75, 3.05) is 23.3 Å². The summed E-state index contributed by atoms with van der Waals surface area (Å²) in [5.41, 5.74) is 14.3. The van der Waals surface area contributed by atoms with Crippen molar-refractivity contribution in [1.82, 2.24) is 10.2 Å². The van der Waals surface area contributed by atoms with Crippen LogP contribution in [0.3, 0.4) is 0 Å². The summed E-state index contributed by atoms with van der Waals surface area (Å²) in [5, 5.41) is 10.7. The summed E-state index contributed by atoms with van der Waals surface area (Å²) in [4.78, 5) is 14.7. The zero-order chi connectivity index (χ0) is 23.5. The van der Waals surface area contributed by atoms with Gasteiger partial charge in [-0.1, -0.05) is 31.2 Å². The normalized spacial score (nSPS) is 14.5. The van der Waals surface area contributed by atoms with E-state index < -0.39 is 5.91 Å². The first-order valence-corrected chi connectivity index (χ1v) is 11.8. The fourth-order valence-corrected chi connectivity index (χ4v) is 4.61. The Morgan fingerprint density at radius 1 is 1.09 bits per heavy atom. The number of H-pyrrole nitrogens is 1. The van der Waals surface area contributed by atoms with E-state index >= 15 is 0 Å². The minimum atomic E-state index is -0.475. The smallest absolute Gasteiger partial charge is 0.254 e. The second-order valence-electron chi connectivity index (χ2n) is 9.51. The minimum Gasteiger partial charge on any atom is -0.372 e. The summed E-state index contributed by atoms with van der Waals surface area (Å²) in [7, 11) is 0. The number of anilines is 2. The molecule has 0 radical (unpaired) electrons. The summed E-state index contributed by atoms with van der Waals surface area (Å²) in [6, 6.07) is 12.9. The van der Waals surface area contributed by atoms with Crippen LogP contribution in [0.15, 0.2) is 36.4 Å². The Kier molecular flexibility index (Phi) is 6.72. The molecule has 0 spiro atoms. The van der Waals surface area contributed by atoms with Gasteiger partial charge in [-0.05, 0) is 79.5 Å². The molecule has 4 rings (SSSR count). The zero-order valence-electron chi connectivity index (χ0n) is 20.2. The van der Waals surface area contributed by atoms with Crippen molar-refractivity contribution in [3.63, 3.8) is 0 Å². The highest BCUT2D eigenvalue weighted by Gasteiger charge is 2.19. The first kappa shape index (κ1) is 22.9. The van der Waals surface area contributed by atoms with Crippen molar-refractivity contribution in [3.8, 4) is 0 Å². The minimum absolute atomic E-state index is 0.435. The second-order valence-corrected chi connectivity index (χ2v) is 9.51. The van der Waals surface area contributed by atoms with Crippen LogP contribution in [0, 0.1) is 26.7 Å². The quantitative estimate of drug-likeness (QED) is 0.484. The lowest BCUT2D eigenvalue weighted by Crippen LogP contribution is -2.32. The van der Waals surface area contributed by atoms with E-state index in [1.54, 1.807) is 0 Å². The molecule has 6 heteroatoms. The molecule has 2 aromatic carbocycles. The Labute approximate surface area is 196 Å². The van der Waals surface area contributed by atoms with Gasteiger partial charge in [0.05, 0.1) is 5.69 Å². The number of nitrogens with two attached hydrogens (primary N) is 1. The Morgan fingerprint density at radius 3 is 2.33 bits per heavy atom. The number of piperidine rings is 1. The summed E-state index contributed by atoms with van der Waals surface area (Å²) < 4.78 is 0. The van der Waals surface area contributed by atoms with Crippen LogP contribution in [0.25, 0.3) is 0 Å². The molecular weight excluding hydrogens is 410 g/mol. The molecule has 0 bridgehead atoms. The van der Waals surface area contributed by atoms with Gasteiger partial charge in [0, 0.05) is 31.7 Å². The highest BCUT2D eigenvalue weighted by molar-refractivity contribution is 5.99. The van der Waals surface area contributed by atoms with Crippen LogP contribution in [0.1, 0.15) is 63.6 Å². The van der Waals surface area contributed by atoms with E-state index in [1.807, 2.05) is 0 Å². The number of hydrogen-bond acceptors (Lipinski definition) is 4. The summed E-state index contributed by atoms with van der Waals surface area (Å²) in [5.74, 6) is 0.846. The Morgan fingerprint density at radius 2 is 1.73 bits per heavy atom. The van der Waals surface area contributed by atoms with E-state index in [4.69, 9.17) is 5.73 Å². The fourth-order valence-electron chi connectivity index (χ4n) is 4.61. The van der Waals surface area contributed by atoms with Crippen molar-refractivity contribution in [2.45, 2.75) is 53.5 Å². The lowest BCUT2D eigenvalue weighted by Gasteiger charge is -2.32. The molecule has 2 heterocycles. The number of aromatic nitrogens is 2. The van der Waals surface area contributed by atoms with Gasteiger partial charge >= 0.3 is 0 Å². The van der Waals surface area contributed by atoms with Crippen LogP contribution in [0.4, 0.5) is 11.5 Å². The Hall–Kier alpha value is -3.28. The highest BCUT2D eigenvalue weighted by Crippen LogP contribution is 2.25. The van der Waals surface area contributed by atoms with Gasteiger partial charge in [0.2, 0.25) is 0 Å². The largest absolute Gasteiger partial charge is 0.372 e. The predicted molar refractivity (Wildman–Crippen MR) is 135 cm³/mol.